The van der Waals surface area contributed by atoms with Crippen LogP contribution in [0.1, 0.15) is 32.0 Å². The van der Waals surface area contributed by atoms with Gasteiger partial charge in [-0.2, -0.15) is 5.10 Å². The van der Waals surface area contributed by atoms with Crippen molar-refractivity contribution in [3.05, 3.63) is 83.8 Å². The Morgan fingerprint density at radius 2 is 1.71 bits per heavy atom. The molecule has 4 aromatic rings. The summed E-state index contributed by atoms with van der Waals surface area (Å²) in [6, 6.07) is 18.6. The molecule has 1 heterocycles. The van der Waals surface area contributed by atoms with Crippen molar-refractivity contribution in [2.24, 2.45) is 5.73 Å². The summed E-state index contributed by atoms with van der Waals surface area (Å²) in [5.74, 6) is -0.577. The molecule has 1 aromatic heterocycles. The van der Waals surface area contributed by atoms with E-state index in [4.69, 9.17) is 10.8 Å². The van der Waals surface area contributed by atoms with Gasteiger partial charge >= 0.3 is 6.03 Å². The molecule has 34 heavy (non-hydrogen) atoms. The maximum Gasteiger partial charge on any atom is 0.324 e. The molecule has 0 unspecified atom stereocenters. The van der Waals surface area contributed by atoms with E-state index in [0.717, 1.165) is 22.0 Å². The lowest BCUT2D eigenvalue weighted by atomic mass is 9.92. The van der Waals surface area contributed by atoms with Crippen LogP contribution in [0.15, 0.2) is 66.7 Å². The first-order valence-corrected chi connectivity index (χ1v) is 10.9. The molecule has 0 aliphatic heterocycles. The number of nitrogens with zero attached hydrogens (tertiary/aromatic N) is 2. The first kappa shape index (κ1) is 23.0. The van der Waals surface area contributed by atoms with Crippen LogP contribution in [0.3, 0.4) is 0 Å². The number of hydrogen-bond donors (Lipinski definition) is 3. The molecule has 0 spiro atoms. The number of urea groups is 1. The van der Waals surface area contributed by atoms with Gasteiger partial charge in [-0.25, -0.2) is 13.9 Å². The van der Waals surface area contributed by atoms with E-state index in [0.29, 0.717) is 11.5 Å². The summed E-state index contributed by atoms with van der Waals surface area (Å²) >= 11 is 0. The molecule has 0 saturated carbocycles. The first-order chi connectivity index (χ1) is 16.1. The van der Waals surface area contributed by atoms with Crippen LogP contribution in [0.2, 0.25) is 0 Å². The van der Waals surface area contributed by atoms with Crippen LogP contribution in [0, 0.1) is 5.82 Å². The van der Waals surface area contributed by atoms with Crippen molar-refractivity contribution in [3.63, 3.8) is 0 Å². The summed E-state index contributed by atoms with van der Waals surface area (Å²) < 4.78 is 15.6. The van der Waals surface area contributed by atoms with E-state index in [-0.39, 0.29) is 17.5 Å². The predicted molar refractivity (Wildman–Crippen MR) is 132 cm³/mol. The fraction of sp³-hybridized carbons (Fsp3) is 0.192. The second kappa shape index (κ2) is 8.97. The Kier molecular flexibility index (Phi) is 6.06. The van der Waals surface area contributed by atoms with E-state index >= 15 is 0 Å². The van der Waals surface area contributed by atoms with E-state index in [1.54, 1.807) is 22.9 Å². The van der Waals surface area contributed by atoms with Gasteiger partial charge in [0.05, 0.1) is 23.5 Å². The number of amides is 3. The van der Waals surface area contributed by atoms with Crippen LogP contribution in [0.5, 0.6) is 0 Å². The molecule has 0 aliphatic rings. The van der Waals surface area contributed by atoms with Crippen LogP contribution in [-0.2, 0) is 16.6 Å². The summed E-state index contributed by atoms with van der Waals surface area (Å²) in [5.41, 5.74) is 7.43. The Morgan fingerprint density at radius 1 is 1.00 bits per heavy atom. The van der Waals surface area contributed by atoms with Gasteiger partial charge in [0, 0.05) is 11.5 Å². The number of para-hydroxylation sites is 1. The summed E-state index contributed by atoms with van der Waals surface area (Å²) in [6.45, 7) is 6.05. The van der Waals surface area contributed by atoms with Crippen molar-refractivity contribution in [3.8, 4) is 5.69 Å². The highest BCUT2D eigenvalue weighted by molar-refractivity contribution is 5.99. The van der Waals surface area contributed by atoms with Crippen molar-refractivity contribution < 1.29 is 14.0 Å². The number of fused-ring (bicyclic) bond motifs is 1. The number of benzene rings is 3. The zero-order valence-electron chi connectivity index (χ0n) is 19.2. The number of nitrogens with two attached hydrogens (primary N) is 1. The molecule has 0 bridgehead atoms. The molecule has 0 atom stereocenters. The lowest BCUT2D eigenvalue weighted by molar-refractivity contribution is -0.117. The zero-order valence-corrected chi connectivity index (χ0v) is 19.2. The van der Waals surface area contributed by atoms with Gasteiger partial charge in [-0.15, -0.1) is 0 Å². The molecule has 0 fully saturated rings. The summed E-state index contributed by atoms with van der Waals surface area (Å²) in [4.78, 5) is 24.4. The largest absolute Gasteiger partial charge is 0.369 e. The number of halogens is 1. The zero-order chi connectivity index (χ0) is 24.5. The molecule has 0 aliphatic carbocycles. The first-order valence-electron chi connectivity index (χ1n) is 10.9. The van der Waals surface area contributed by atoms with Crippen LogP contribution in [-0.4, -0.2) is 21.7 Å². The number of carbonyl (C=O) groups is 2. The standard InChI is InChI=1S/C26H26FN5O2/c1-26(2,3)22-15-24(30-25(34)29-21-11-7-6-10-20(21)27)32(31-22)18-12-16-8-4-5-9-19(16)17(13-18)14-23(28)33/h4-13,15H,14H2,1-3H3,(H2,28,33)(H2,29,30,34). The Balaban J connectivity index is 1.78. The maximum atomic E-state index is 14.0. The molecule has 174 valence electrons. The molecule has 8 heteroatoms. The third kappa shape index (κ3) is 4.91. The third-order valence-electron chi connectivity index (χ3n) is 5.38. The van der Waals surface area contributed by atoms with Gasteiger partial charge < -0.3 is 11.1 Å². The molecule has 7 nitrogen and oxygen atoms in total. The van der Waals surface area contributed by atoms with E-state index in [9.17, 15) is 14.0 Å². The Hall–Kier alpha value is -4.20. The van der Waals surface area contributed by atoms with Gasteiger partial charge in [0.1, 0.15) is 11.6 Å². The average Bonchev–Trinajstić information content (AvgIpc) is 3.19. The summed E-state index contributed by atoms with van der Waals surface area (Å²) in [7, 11) is 0. The topological polar surface area (TPSA) is 102 Å². The highest BCUT2D eigenvalue weighted by Gasteiger charge is 2.22. The minimum Gasteiger partial charge on any atom is -0.369 e. The second-order valence-corrected chi connectivity index (χ2v) is 9.10. The van der Waals surface area contributed by atoms with Crippen molar-refractivity contribution in [2.75, 3.05) is 10.6 Å². The van der Waals surface area contributed by atoms with Crippen molar-refractivity contribution in [2.45, 2.75) is 32.6 Å². The second-order valence-electron chi connectivity index (χ2n) is 9.10. The molecule has 3 amide bonds. The third-order valence-corrected chi connectivity index (χ3v) is 5.38. The Bertz CT molecular complexity index is 1390. The number of carbonyl (C=O) groups excluding carboxylic acids is 2. The SMILES string of the molecule is CC(C)(C)c1cc(NC(=O)Nc2ccccc2F)n(-c2cc(CC(N)=O)c3ccccc3c2)n1. The predicted octanol–water partition coefficient (Wildman–Crippen LogP) is 5.13. The van der Waals surface area contributed by atoms with Crippen LogP contribution in [0.25, 0.3) is 16.5 Å². The smallest absolute Gasteiger partial charge is 0.324 e. The molecular weight excluding hydrogens is 433 g/mol. The summed E-state index contributed by atoms with van der Waals surface area (Å²) in [5, 5.41) is 11.9. The van der Waals surface area contributed by atoms with Gasteiger partial charge in [0.25, 0.3) is 0 Å². The summed E-state index contributed by atoms with van der Waals surface area (Å²) in [6.07, 6.45) is 0.0677. The number of nitrogens with one attached hydrogen (secondary N) is 2. The molecule has 0 radical (unpaired) electrons. The lowest BCUT2D eigenvalue weighted by Gasteiger charge is -2.15. The van der Waals surface area contributed by atoms with Crippen LogP contribution >= 0.6 is 0 Å². The van der Waals surface area contributed by atoms with Crippen LogP contribution < -0.4 is 16.4 Å². The molecule has 0 saturated heterocycles. The van der Waals surface area contributed by atoms with Gasteiger partial charge in [-0.1, -0.05) is 57.2 Å². The van der Waals surface area contributed by atoms with Crippen molar-refractivity contribution in [1.29, 1.82) is 0 Å². The molecular formula is C26H26FN5O2. The number of anilines is 2. The van der Waals surface area contributed by atoms with E-state index in [1.165, 1.54) is 12.1 Å². The van der Waals surface area contributed by atoms with E-state index in [1.807, 2.05) is 57.2 Å². The normalized spacial score (nSPS) is 11.4. The van der Waals surface area contributed by atoms with E-state index < -0.39 is 17.8 Å². The molecule has 4 rings (SSSR count). The number of aromatic nitrogens is 2. The number of primary amides is 1. The quantitative estimate of drug-likeness (QED) is 0.385. The van der Waals surface area contributed by atoms with Gasteiger partial charge in [-0.05, 0) is 40.6 Å². The Morgan fingerprint density at radius 3 is 2.41 bits per heavy atom. The number of hydrogen-bond acceptors (Lipinski definition) is 3. The van der Waals surface area contributed by atoms with Crippen molar-refractivity contribution in [1.82, 2.24) is 9.78 Å². The highest BCUT2D eigenvalue weighted by atomic mass is 19.1. The Labute approximate surface area is 196 Å². The minimum atomic E-state index is -0.607. The molecule has 3 aromatic carbocycles. The van der Waals surface area contributed by atoms with E-state index in [2.05, 4.69) is 10.6 Å². The van der Waals surface area contributed by atoms with Gasteiger partial charge in [0.2, 0.25) is 5.91 Å². The van der Waals surface area contributed by atoms with Crippen molar-refractivity contribution >= 4 is 34.2 Å². The fourth-order valence-electron chi connectivity index (χ4n) is 3.69. The monoisotopic (exact) mass is 459 g/mol. The maximum absolute atomic E-state index is 14.0. The average molecular weight is 460 g/mol. The molecule has 4 N–H and O–H groups in total. The fourth-order valence-corrected chi connectivity index (χ4v) is 3.69. The minimum absolute atomic E-state index is 0.0663. The van der Waals surface area contributed by atoms with Crippen LogP contribution in [0.4, 0.5) is 20.7 Å². The van der Waals surface area contributed by atoms with Gasteiger partial charge in [0.15, 0.2) is 0 Å². The lowest BCUT2D eigenvalue weighted by Crippen LogP contribution is -2.22. The number of rotatable bonds is 5. The van der Waals surface area contributed by atoms with Gasteiger partial charge in [-0.3, -0.25) is 10.1 Å². The highest BCUT2D eigenvalue weighted by Crippen LogP contribution is 2.29.